The first-order valence-corrected chi connectivity index (χ1v) is 8.27. The highest BCUT2D eigenvalue weighted by Crippen LogP contribution is 2.29. The van der Waals surface area contributed by atoms with E-state index in [1.165, 1.54) is 24.3 Å². The van der Waals surface area contributed by atoms with Gasteiger partial charge in [-0.15, -0.1) is 0 Å². The maximum atomic E-state index is 13.7. The Bertz CT molecular complexity index is 901. The Kier molecular flexibility index (Phi) is 7.15. The van der Waals surface area contributed by atoms with Crippen molar-refractivity contribution in [1.29, 1.82) is 5.26 Å². The number of ether oxygens (including phenoxy) is 2. The van der Waals surface area contributed by atoms with Crippen LogP contribution in [0.4, 0.5) is 10.1 Å². The summed E-state index contributed by atoms with van der Waals surface area (Å²) in [5.41, 5.74) is 0.414. The number of carbonyl (C=O) groups is 1. The van der Waals surface area contributed by atoms with Crippen LogP contribution >= 0.6 is 0 Å². The summed E-state index contributed by atoms with van der Waals surface area (Å²) in [6.45, 7) is 6.18. The molecular weight excluding hydrogens is 347 g/mol. The molecule has 6 heteroatoms. The molecule has 1 N–H and O–H groups in total. The van der Waals surface area contributed by atoms with Gasteiger partial charge in [0.05, 0.1) is 12.3 Å². The van der Waals surface area contributed by atoms with Crippen molar-refractivity contribution in [2.75, 3.05) is 18.5 Å². The van der Waals surface area contributed by atoms with Crippen molar-refractivity contribution in [3.63, 3.8) is 0 Å². The molecule has 0 fully saturated rings. The topological polar surface area (TPSA) is 71.3 Å². The normalized spacial score (nSPS) is 10.6. The van der Waals surface area contributed by atoms with Crippen LogP contribution in [0, 0.1) is 17.1 Å². The van der Waals surface area contributed by atoms with Crippen molar-refractivity contribution in [2.24, 2.45) is 0 Å². The van der Waals surface area contributed by atoms with Crippen LogP contribution in [-0.4, -0.2) is 19.1 Å². The van der Waals surface area contributed by atoms with Crippen molar-refractivity contribution in [2.45, 2.75) is 6.92 Å². The van der Waals surface area contributed by atoms with Gasteiger partial charge in [-0.05, 0) is 42.8 Å². The third-order valence-corrected chi connectivity index (χ3v) is 3.42. The fraction of sp³-hybridized carbons (Fsp3) is 0.143. The highest BCUT2D eigenvalue weighted by molar-refractivity contribution is 6.09. The smallest absolute Gasteiger partial charge is 0.266 e. The first-order chi connectivity index (χ1) is 13.1. The molecule has 0 aliphatic carbocycles. The second-order valence-electron chi connectivity index (χ2n) is 5.34. The maximum Gasteiger partial charge on any atom is 0.266 e. The van der Waals surface area contributed by atoms with E-state index < -0.39 is 11.7 Å². The van der Waals surface area contributed by atoms with Crippen LogP contribution in [0.25, 0.3) is 6.08 Å². The molecule has 2 aromatic rings. The summed E-state index contributed by atoms with van der Waals surface area (Å²) in [5.74, 6) is -0.263. The molecule has 2 rings (SSSR count). The lowest BCUT2D eigenvalue weighted by Gasteiger charge is -2.11. The first kappa shape index (κ1) is 19.7. The Balaban J connectivity index is 2.27. The number of halogens is 1. The summed E-state index contributed by atoms with van der Waals surface area (Å²) < 4.78 is 24.7. The number of benzene rings is 2. The Labute approximate surface area is 157 Å². The molecule has 1 amide bonds. The fourth-order valence-corrected chi connectivity index (χ4v) is 2.22. The summed E-state index contributed by atoms with van der Waals surface area (Å²) in [4.78, 5) is 12.3. The SMILES string of the molecule is C=CCOc1ccc(/C=C(/C#N)C(=O)Nc2ccccc2F)cc1OCC. The van der Waals surface area contributed by atoms with E-state index in [2.05, 4.69) is 11.9 Å². The molecule has 0 bridgehead atoms. The highest BCUT2D eigenvalue weighted by atomic mass is 19.1. The van der Waals surface area contributed by atoms with Gasteiger partial charge in [0.2, 0.25) is 0 Å². The number of nitrogens with zero attached hydrogens (tertiary/aromatic N) is 1. The average molecular weight is 366 g/mol. The zero-order valence-electron chi connectivity index (χ0n) is 14.9. The minimum atomic E-state index is -0.701. The third-order valence-electron chi connectivity index (χ3n) is 3.42. The van der Waals surface area contributed by atoms with Gasteiger partial charge in [-0.25, -0.2) is 4.39 Å². The van der Waals surface area contributed by atoms with Crippen LogP contribution in [0.3, 0.4) is 0 Å². The molecule has 0 atom stereocenters. The van der Waals surface area contributed by atoms with Crippen LogP contribution < -0.4 is 14.8 Å². The molecule has 2 aromatic carbocycles. The molecule has 138 valence electrons. The third kappa shape index (κ3) is 5.44. The van der Waals surface area contributed by atoms with Gasteiger partial charge in [-0.1, -0.05) is 30.9 Å². The van der Waals surface area contributed by atoms with Crippen LogP contribution in [0.15, 0.2) is 60.7 Å². The van der Waals surface area contributed by atoms with Crippen LogP contribution in [0.5, 0.6) is 11.5 Å². The van der Waals surface area contributed by atoms with Gasteiger partial charge in [-0.2, -0.15) is 5.26 Å². The van der Waals surface area contributed by atoms with E-state index >= 15 is 0 Å². The number of rotatable bonds is 8. The molecule has 0 aliphatic heterocycles. The van der Waals surface area contributed by atoms with Gasteiger partial charge in [0.1, 0.15) is 24.1 Å². The minimum absolute atomic E-state index is 0.00632. The van der Waals surface area contributed by atoms with Gasteiger partial charge in [0.15, 0.2) is 11.5 Å². The molecule has 0 saturated carbocycles. The molecule has 0 saturated heterocycles. The van der Waals surface area contributed by atoms with Gasteiger partial charge in [-0.3, -0.25) is 4.79 Å². The van der Waals surface area contributed by atoms with Crippen molar-refractivity contribution in [1.82, 2.24) is 0 Å². The predicted octanol–water partition coefficient (Wildman–Crippen LogP) is 4.33. The van der Waals surface area contributed by atoms with Gasteiger partial charge in [0, 0.05) is 0 Å². The average Bonchev–Trinajstić information content (AvgIpc) is 2.67. The monoisotopic (exact) mass is 366 g/mol. The van der Waals surface area contributed by atoms with E-state index in [1.807, 2.05) is 13.0 Å². The van der Waals surface area contributed by atoms with Crippen molar-refractivity contribution >= 4 is 17.7 Å². The van der Waals surface area contributed by atoms with E-state index in [4.69, 9.17) is 9.47 Å². The van der Waals surface area contributed by atoms with E-state index in [-0.39, 0.29) is 11.3 Å². The molecule has 5 nitrogen and oxygen atoms in total. The summed E-state index contributed by atoms with van der Waals surface area (Å²) in [6.07, 6.45) is 3.01. The first-order valence-electron chi connectivity index (χ1n) is 8.27. The molecular formula is C21H19FN2O3. The number of para-hydroxylation sites is 1. The quantitative estimate of drug-likeness (QED) is 0.429. The molecule has 0 aromatic heterocycles. The van der Waals surface area contributed by atoms with Crippen LogP contribution in [0.2, 0.25) is 0 Å². The van der Waals surface area contributed by atoms with E-state index in [1.54, 1.807) is 30.3 Å². The largest absolute Gasteiger partial charge is 0.490 e. The molecule has 27 heavy (non-hydrogen) atoms. The summed E-state index contributed by atoms with van der Waals surface area (Å²) in [5, 5.41) is 11.7. The van der Waals surface area contributed by atoms with E-state index in [9.17, 15) is 14.4 Å². The summed E-state index contributed by atoms with van der Waals surface area (Å²) >= 11 is 0. The Hall–Kier alpha value is -3.59. The van der Waals surface area contributed by atoms with Crippen LogP contribution in [0.1, 0.15) is 12.5 Å². The van der Waals surface area contributed by atoms with E-state index in [0.29, 0.717) is 30.3 Å². The number of nitrogens with one attached hydrogen (secondary N) is 1. The summed E-state index contributed by atoms with van der Waals surface area (Å²) in [6, 6.07) is 12.6. The number of amides is 1. The molecule has 0 aliphatic rings. The fourth-order valence-electron chi connectivity index (χ4n) is 2.22. The minimum Gasteiger partial charge on any atom is -0.490 e. The second-order valence-corrected chi connectivity index (χ2v) is 5.34. The van der Waals surface area contributed by atoms with Crippen molar-refractivity contribution in [3.8, 4) is 17.6 Å². The molecule has 0 spiro atoms. The lowest BCUT2D eigenvalue weighted by molar-refractivity contribution is -0.112. The maximum absolute atomic E-state index is 13.7. The number of hydrogen-bond acceptors (Lipinski definition) is 4. The van der Waals surface area contributed by atoms with Crippen molar-refractivity contribution in [3.05, 3.63) is 72.1 Å². The lowest BCUT2D eigenvalue weighted by atomic mass is 10.1. The Morgan fingerprint density at radius 2 is 2.04 bits per heavy atom. The summed E-state index contributed by atoms with van der Waals surface area (Å²) in [7, 11) is 0. The van der Waals surface area contributed by atoms with Crippen LogP contribution in [-0.2, 0) is 4.79 Å². The van der Waals surface area contributed by atoms with Gasteiger partial charge in [0.25, 0.3) is 5.91 Å². The molecule has 0 heterocycles. The van der Waals surface area contributed by atoms with Gasteiger partial charge >= 0.3 is 0 Å². The number of nitriles is 1. The number of anilines is 1. The second kappa shape index (κ2) is 9.78. The van der Waals surface area contributed by atoms with Crippen molar-refractivity contribution < 1.29 is 18.7 Å². The number of carbonyl (C=O) groups excluding carboxylic acids is 1. The van der Waals surface area contributed by atoms with Gasteiger partial charge < -0.3 is 14.8 Å². The highest BCUT2D eigenvalue weighted by Gasteiger charge is 2.13. The zero-order valence-corrected chi connectivity index (χ0v) is 14.9. The lowest BCUT2D eigenvalue weighted by Crippen LogP contribution is -2.14. The zero-order chi connectivity index (χ0) is 19.6. The standard InChI is InChI=1S/C21H19FN2O3/c1-3-11-27-19-10-9-15(13-20(19)26-4-2)12-16(14-23)21(25)24-18-8-6-5-7-17(18)22/h3,5-10,12-13H,1,4,11H2,2H3,(H,24,25)/b16-12-. The predicted molar refractivity (Wildman–Crippen MR) is 102 cm³/mol. The molecule has 0 unspecified atom stereocenters. The Morgan fingerprint density at radius 1 is 1.26 bits per heavy atom. The molecule has 0 radical (unpaired) electrons. The number of hydrogen-bond donors (Lipinski definition) is 1. The Morgan fingerprint density at radius 3 is 2.70 bits per heavy atom. The van der Waals surface area contributed by atoms with E-state index in [0.717, 1.165) is 0 Å².